The van der Waals surface area contributed by atoms with E-state index in [0.29, 0.717) is 0 Å². The normalized spacial score (nSPS) is 19.7. The molecule has 0 unspecified atom stereocenters. The Balaban J connectivity index is 1.71. The minimum absolute atomic E-state index is 0.169. The van der Waals surface area contributed by atoms with E-state index in [1.165, 1.54) is 17.5 Å². The second kappa shape index (κ2) is 5.52. The minimum atomic E-state index is -0.266. The van der Waals surface area contributed by atoms with Crippen LogP contribution in [0.15, 0.2) is 27.4 Å². The lowest BCUT2D eigenvalue weighted by molar-refractivity contribution is 0.0794. The van der Waals surface area contributed by atoms with Crippen molar-refractivity contribution < 1.29 is 9.52 Å². The van der Waals surface area contributed by atoms with E-state index in [9.17, 15) is 9.90 Å². The third-order valence-corrected chi connectivity index (χ3v) is 4.99. The van der Waals surface area contributed by atoms with Crippen molar-refractivity contribution in [2.75, 3.05) is 13.1 Å². The summed E-state index contributed by atoms with van der Waals surface area (Å²) in [6, 6.07) is 5.91. The molecule has 4 heteroatoms. The zero-order chi connectivity index (χ0) is 15.1. The standard InChI is InChI=1S/C18H21NO3/c20-15-4-6-19(7-5-15)11-14-10-18(21)22-17-9-13-3-1-2-12(13)8-16(14)17/h8-10,15,20H,1-7,11H2. The lowest BCUT2D eigenvalue weighted by Gasteiger charge is -2.29. The van der Waals surface area contributed by atoms with E-state index in [0.717, 1.165) is 61.9 Å². The van der Waals surface area contributed by atoms with Crippen LogP contribution < -0.4 is 5.63 Å². The Morgan fingerprint density at radius 3 is 2.64 bits per heavy atom. The Morgan fingerprint density at radius 2 is 1.86 bits per heavy atom. The Hall–Kier alpha value is -1.65. The van der Waals surface area contributed by atoms with Crippen LogP contribution in [0.25, 0.3) is 11.0 Å². The van der Waals surface area contributed by atoms with Crippen molar-refractivity contribution in [2.24, 2.45) is 0 Å². The molecule has 0 radical (unpaired) electrons. The number of benzene rings is 1. The average molecular weight is 299 g/mol. The summed E-state index contributed by atoms with van der Waals surface area (Å²) in [5, 5.41) is 10.7. The first kappa shape index (κ1) is 14.0. The number of piperidine rings is 1. The van der Waals surface area contributed by atoms with Gasteiger partial charge in [0, 0.05) is 31.1 Å². The van der Waals surface area contributed by atoms with Crippen LogP contribution in [0.3, 0.4) is 0 Å². The lowest BCUT2D eigenvalue weighted by atomic mass is 10.0. The molecule has 0 saturated carbocycles. The molecule has 0 bridgehead atoms. The first-order chi connectivity index (χ1) is 10.7. The molecule has 1 aliphatic heterocycles. The van der Waals surface area contributed by atoms with E-state index in [1.54, 1.807) is 6.07 Å². The van der Waals surface area contributed by atoms with Gasteiger partial charge in [-0.15, -0.1) is 0 Å². The van der Waals surface area contributed by atoms with Crippen molar-refractivity contribution in [1.82, 2.24) is 4.90 Å². The molecule has 0 spiro atoms. The van der Waals surface area contributed by atoms with Crippen LogP contribution in [-0.4, -0.2) is 29.2 Å². The second-order valence-electron chi connectivity index (χ2n) is 6.57. The number of rotatable bonds is 2. The van der Waals surface area contributed by atoms with Gasteiger partial charge in [-0.05, 0) is 60.9 Å². The largest absolute Gasteiger partial charge is 0.423 e. The molecule has 1 aromatic heterocycles. The summed E-state index contributed by atoms with van der Waals surface area (Å²) >= 11 is 0. The summed E-state index contributed by atoms with van der Waals surface area (Å²) in [6.07, 6.45) is 4.86. The Labute approximate surface area is 129 Å². The number of fused-ring (bicyclic) bond motifs is 2. The van der Waals surface area contributed by atoms with Crippen molar-refractivity contribution >= 4 is 11.0 Å². The Kier molecular flexibility index (Phi) is 3.51. The fourth-order valence-corrected chi connectivity index (χ4v) is 3.74. The average Bonchev–Trinajstić information content (AvgIpc) is 2.95. The van der Waals surface area contributed by atoms with Gasteiger partial charge in [0.05, 0.1) is 6.10 Å². The van der Waals surface area contributed by atoms with Crippen LogP contribution in [0.1, 0.15) is 36.0 Å². The zero-order valence-corrected chi connectivity index (χ0v) is 12.7. The van der Waals surface area contributed by atoms with Crippen LogP contribution in [0, 0.1) is 0 Å². The fraction of sp³-hybridized carbons (Fsp3) is 0.500. The highest BCUT2D eigenvalue weighted by Gasteiger charge is 2.20. The molecule has 4 rings (SSSR count). The topological polar surface area (TPSA) is 53.7 Å². The molecule has 1 saturated heterocycles. The first-order valence-corrected chi connectivity index (χ1v) is 8.18. The molecular weight excluding hydrogens is 278 g/mol. The van der Waals surface area contributed by atoms with Gasteiger partial charge in [0.2, 0.25) is 0 Å². The van der Waals surface area contributed by atoms with Gasteiger partial charge >= 0.3 is 5.63 Å². The number of nitrogens with zero attached hydrogens (tertiary/aromatic N) is 1. The zero-order valence-electron chi connectivity index (χ0n) is 12.7. The second-order valence-corrected chi connectivity index (χ2v) is 6.57. The van der Waals surface area contributed by atoms with Gasteiger partial charge in [-0.25, -0.2) is 4.79 Å². The molecule has 0 amide bonds. The van der Waals surface area contributed by atoms with Gasteiger partial charge in [-0.1, -0.05) is 0 Å². The van der Waals surface area contributed by atoms with Crippen LogP contribution in [0.2, 0.25) is 0 Å². The van der Waals surface area contributed by atoms with E-state index in [-0.39, 0.29) is 11.7 Å². The van der Waals surface area contributed by atoms with Gasteiger partial charge < -0.3 is 9.52 Å². The van der Waals surface area contributed by atoms with Gasteiger partial charge in [-0.2, -0.15) is 0 Å². The van der Waals surface area contributed by atoms with E-state index in [1.807, 2.05) is 0 Å². The number of hydrogen-bond acceptors (Lipinski definition) is 4. The maximum Gasteiger partial charge on any atom is 0.336 e. The number of hydrogen-bond donors (Lipinski definition) is 1. The monoisotopic (exact) mass is 299 g/mol. The molecular formula is C18H21NO3. The van der Waals surface area contributed by atoms with E-state index >= 15 is 0 Å². The molecule has 22 heavy (non-hydrogen) atoms. The number of aliphatic hydroxyl groups is 1. The predicted octanol–water partition coefficient (Wildman–Crippen LogP) is 2.24. The van der Waals surface area contributed by atoms with Crippen LogP contribution >= 0.6 is 0 Å². The quantitative estimate of drug-likeness (QED) is 0.864. The van der Waals surface area contributed by atoms with Crippen LogP contribution in [0.4, 0.5) is 0 Å². The molecule has 2 aliphatic rings. The molecule has 1 fully saturated rings. The summed E-state index contributed by atoms with van der Waals surface area (Å²) in [5.41, 5.74) is 4.24. The van der Waals surface area contributed by atoms with Crippen molar-refractivity contribution in [3.63, 3.8) is 0 Å². The van der Waals surface area contributed by atoms with Crippen LogP contribution in [-0.2, 0) is 19.4 Å². The van der Waals surface area contributed by atoms with Gasteiger partial charge in [0.25, 0.3) is 0 Å². The van der Waals surface area contributed by atoms with Crippen LogP contribution in [0.5, 0.6) is 0 Å². The van der Waals surface area contributed by atoms with Gasteiger partial charge in [0.15, 0.2) is 0 Å². The predicted molar refractivity (Wildman–Crippen MR) is 85.0 cm³/mol. The molecule has 116 valence electrons. The summed E-state index contributed by atoms with van der Waals surface area (Å²) < 4.78 is 5.42. The maximum atomic E-state index is 11.9. The highest BCUT2D eigenvalue weighted by atomic mass is 16.4. The molecule has 1 N–H and O–H groups in total. The summed E-state index contributed by atoms with van der Waals surface area (Å²) in [6.45, 7) is 2.52. The third-order valence-electron chi connectivity index (χ3n) is 4.99. The van der Waals surface area contributed by atoms with Gasteiger partial charge in [0.1, 0.15) is 5.58 Å². The summed E-state index contributed by atoms with van der Waals surface area (Å²) in [4.78, 5) is 14.2. The van der Waals surface area contributed by atoms with E-state index in [4.69, 9.17) is 4.42 Å². The highest BCUT2D eigenvalue weighted by molar-refractivity contribution is 5.82. The summed E-state index contributed by atoms with van der Waals surface area (Å²) in [7, 11) is 0. The van der Waals surface area contributed by atoms with E-state index in [2.05, 4.69) is 17.0 Å². The smallest absolute Gasteiger partial charge is 0.336 e. The fourth-order valence-electron chi connectivity index (χ4n) is 3.74. The molecule has 1 aliphatic carbocycles. The summed E-state index contributed by atoms with van der Waals surface area (Å²) in [5.74, 6) is 0. The Morgan fingerprint density at radius 1 is 1.14 bits per heavy atom. The highest BCUT2D eigenvalue weighted by Crippen LogP contribution is 2.29. The van der Waals surface area contributed by atoms with E-state index < -0.39 is 0 Å². The molecule has 4 nitrogen and oxygen atoms in total. The van der Waals surface area contributed by atoms with Crippen molar-refractivity contribution in [3.8, 4) is 0 Å². The van der Waals surface area contributed by atoms with Gasteiger partial charge in [-0.3, -0.25) is 4.90 Å². The number of aliphatic hydroxyl groups excluding tert-OH is 1. The number of aryl methyl sites for hydroxylation is 2. The Bertz CT molecular complexity index is 757. The maximum absolute atomic E-state index is 11.9. The molecule has 2 heterocycles. The lowest BCUT2D eigenvalue weighted by Crippen LogP contribution is -2.35. The number of likely N-dealkylation sites (tertiary alicyclic amines) is 1. The molecule has 2 aromatic rings. The first-order valence-electron chi connectivity index (χ1n) is 8.18. The van der Waals surface area contributed by atoms with Crippen molar-refractivity contribution in [2.45, 2.75) is 44.8 Å². The molecule has 0 atom stereocenters. The SMILES string of the molecule is O=c1cc(CN2CCC(O)CC2)c2cc3c(cc2o1)CCC3. The van der Waals surface area contributed by atoms with Crippen molar-refractivity contribution in [1.29, 1.82) is 0 Å². The third kappa shape index (κ3) is 2.57. The van der Waals surface area contributed by atoms with Crippen molar-refractivity contribution in [3.05, 3.63) is 45.3 Å². The molecule has 1 aromatic carbocycles. The minimum Gasteiger partial charge on any atom is -0.423 e.